The summed E-state index contributed by atoms with van der Waals surface area (Å²) >= 11 is 0. The van der Waals surface area contributed by atoms with Gasteiger partial charge in [-0.2, -0.15) is 0 Å². The van der Waals surface area contributed by atoms with E-state index in [9.17, 15) is 30.0 Å². The average molecular weight is 323 g/mol. The van der Waals surface area contributed by atoms with Crippen molar-refractivity contribution < 1.29 is 44.6 Å². The number of carbonyl (C=O) groups excluding carboxylic acids is 2. The summed E-state index contributed by atoms with van der Waals surface area (Å²) in [6.07, 6.45) is -7.09. The Morgan fingerprint density at radius 1 is 1.45 bits per heavy atom. The van der Waals surface area contributed by atoms with Crippen molar-refractivity contribution >= 4 is 11.9 Å². The molecular formula is C12H21NO9. The van der Waals surface area contributed by atoms with Crippen LogP contribution in [-0.4, -0.2) is 87.4 Å². The molecule has 1 saturated heterocycles. The maximum atomic E-state index is 11.6. The number of methoxy groups -OCH3 is 1. The van der Waals surface area contributed by atoms with Crippen molar-refractivity contribution in [1.29, 1.82) is 0 Å². The second kappa shape index (κ2) is 7.31. The van der Waals surface area contributed by atoms with Crippen LogP contribution in [0, 0.1) is 0 Å². The van der Waals surface area contributed by atoms with Crippen molar-refractivity contribution in [2.45, 2.75) is 49.6 Å². The van der Waals surface area contributed by atoms with E-state index in [4.69, 9.17) is 9.84 Å². The minimum atomic E-state index is -2.55. The maximum absolute atomic E-state index is 11.6. The van der Waals surface area contributed by atoms with Crippen LogP contribution in [0.4, 0.5) is 0 Å². The molecule has 0 aromatic carbocycles. The van der Waals surface area contributed by atoms with Crippen molar-refractivity contribution in [2.24, 2.45) is 0 Å². The summed E-state index contributed by atoms with van der Waals surface area (Å²) in [4.78, 5) is 22.8. The minimum Gasteiger partial charge on any atom is -0.465 e. The molecule has 128 valence electrons. The highest BCUT2D eigenvalue weighted by Crippen LogP contribution is 2.31. The summed E-state index contributed by atoms with van der Waals surface area (Å²) in [6.45, 7) is 0.320. The molecule has 1 aliphatic heterocycles. The Bertz CT molecular complexity index is 417. The summed E-state index contributed by atoms with van der Waals surface area (Å²) in [6, 6.07) is -1.21. The van der Waals surface area contributed by atoms with Crippen LogP contribution in [0.1, 0.15) is 13.3 Å². The van der Waals surface area contributed by atoms with Crippen LogP contribution in [-0.2, 0) is 19.1 Å². The monoisotopic (exact) mass is 323 g/mol. The number of rotatable bonds is 5. The Kier molecular flexibility index (Phi) is 6.23. The Hall–Kier alpha value is -1.30. The molecule has 1 heterocycles. The zero-order valence-corrected chi connectivity index (χ0v) is 12.2. The van der Waals surface area contributed by atoms with Gasteiger partial charge in [0.25, 0.3) is 5.79 Å². The predicted octanol–water partition coefficient (Wildman–Crippen LogP) is -3.78. The molecule has 1 rings (SSSR count). The van der Waals surface area contributed by atoms with Gasteiger partial charge in [-0.25, -0.2) is 4.79 Å². The fourth-order valence-electron chi connectivity index (χ4n) is 2.29. The van der Waals surface area contributed by atoms with E-state index in [1.165, 1.54) is 0 Å². The molecule has 10 heteroatoms. The quantitative estimate of drug-likeness (QED) is 0.278. The molecule has 6 N–H and O–H groups in total. The van der Waals surface area contributed by atoms with Gasteiger partial charge in [0.1, 0.15) is 18.3 Å². The summed E-state index contributed by atoms with van der Waals surface area (Å²) in [5, 5.41) is 50.8. The summed E-state index contributed by atoms with van der Waals surface area (Å²) in [5.74, 6) is -4.32. The number of ether oxygens (including phenoxy) is 2. The molecule has 2 unspecified atom stereocenters. The van der Waals surface area contributed by atoms with E-state index in [1.807, 2.05) is 0 Å². The number of hydrogen-bond acceptors (Lipinski definition) is 9. The molecule has 1 fully saturated rings. The van der Waals surface area contributed by atoms with Gasteiger partial charge in [-0.1, -0.05) is 0 Å². The van der Waals surface area contributed by atoms with Gasteiger partial charge < -0.3 is 40.3 Å². The number of carbonyl (C=O) groups is 2. The lowest BCUT2D eigenvalue weighted by atomic mass is 9.88. The van der Waals surface area contributed by atoms with E-state index in [0.717, 1.165) is 14.0 Å². The fourth-order valence-corrected chi connectivity index (χ4v) is 2.29. The van der Waals surface area contributed by atoms with Crippen LogP contribution in [0.2, 0.25) is 0 Å². The van der Waals surface area contributed by atoms with Gasteiger partial charge in [-0.3, -0.25) is 4.79 Å². The number of hydrogen-bond donors (Lipinski definition) is 6. The van der Waals surface area contributed by atoms with Gasteiger partial charge in [0.15, 0.2) is 0 Å². The lowest BCUT2D eigenvalue weighted by Crippen LogP contribution is -2.67. The molecule has 6 atom stereocenters. The van der Waals surface area contributed by atoms with E-state index in [0.29, 0.717) is 0 Å². The molecule has 22 heavy (non-hydrogen) atoms. The van der Waals surface area contributed by atoms with Gasteiger partial charge in [0.05, 0.1) is 25.9 Å². The fraction of sp³-hybridized carbons (Fsp3) is 0.833. The van der Waals surface area contributed by atoms with Crippen LogP contribution >= 0.6 is 0 Å². The lowest BCUT2D eigenvalue weighted by molar-refractivity contribution is -0.296. The number of nitrogens with one attached hydrogen (secondary N) is 1. The number of esters is 1. The third kappa shape index (κ3) is 3.91. The molecule has 0 saturated carbocycles. The molecule has 0 aromatic heterocycles. The second-order valence-electron chi connectivity index (χ2n) is 5.10. The Balaban J connectivity index is 3.09. The predicted molar refractivity (Wildman–Crippen MR) is 69.2 cm³/mol. The first-order chi connectivity index (χ1) is 10.2. The third-order valence-corrected chi connectivity index (χ3v) is 3.38. The number of aliphatic hydroxyl groups excluding tert-OH is 4. The van der Waals surface area contributed by atoms with Gasteiger partial charge in [-0.15, -0.1) is 0 Å². The molecule has 10 nitrogen and oxygen atoms in total. The van der Waals surface area contributed by atoms with Crippen LogP contribution in [0.3, 0.4) is 0 Å². The van der Waals surface area contributed by atoms with Gasteiger partial charge in [0, 0.05) is 13.3 Å². The number of aliphatic hydroxyl groups is 5. The third-order valence-electron chi connectivity index (χ3n) is 3.38. The standard InChI is InChI=1S/C12H21NO9/c1-5(15)13-8-6(16)3-12(20,11(19)21-2)22-10(8)9(18)7(17)4-14/h6-10,14,16-18,20H,3-4H2,1-2H3,(H,13,15)/t6?,7-,8-,9-,10-,12?/m1/s1. The topological polar surface area (TPSA) is 166 Å². The van der Waals surface area contributed by atoms with Crippen LogP contribution in [0.5, 0.6) is 0 Å². The van der Waals surface area contributed by atoms with Crippen molar-refractivity contribution in [1.82, 2.24) is 5.32 Å². The summed E-state index contributed by atoms with van der Waals surface area (Å²) in [5.41, 5.74) is 0. The normalized spacial score (nSPS) is 34.6. The van der Waals surface area contributed by atoms with E-state index in [1.54, 1.807) is 0 Å². The molecular weight excluding hydrogens is 302 g/mol. The SMILES string of the molecule is COC(=O)C1(O)CC(O)[C@@H](NC(C)=O)[C@H]([C@H](O)[C@H](O)CO)O1. The van der Waals surface area contributed by atoms with E-state index >= 15 is 0 Å². The van der Waals surface area contributed by atoms with Crippen LogP contribution < -0.4 is 5.32 Å². The smallest absolute Gasteiger partial charge is 0.366 e. The molecule has 0 aromatic rings. The first-order valence-corrected chi connectivity index (χ1v) is 6.57. The van der Waals surface area contributed by atoms with Crippen LogP contribution in [0.15, 0.2) is 0 Å². The largest absolute Gasteiger partial charge is 0.465 e. The Labute approximate surface area is 126 Å². The van der Waals surface area contributed by atoms with Crippen molar-refractivity contribution in [3.05, 3.63) is 0 Å². The van der Waals surface area contributed by atoms with Gasteiger partial charge in [0.2, 0.25) is 5.91 Å². The summed E-state index contributed by atoms with van der Waals surface area (Å²) < 4.78 is 9.45. The average Bonchev–Trinajstić information content (AvgIpc) is 2.46. The molecule has 1 amide bonds. The lowest BCUT2D eigenvalue weighted by Gasteiger charge is -2.45. The van der Waals surface area contributed by atoms with Crippen molar-refractivity contribution in [3.8, 4) is 0 Å². The maximum Gasteiger partial charge on any atom is 0.366 e. The van der Waals surface area contributed by atoms with Gasteiger partial charge >= 0.3 is 5.97 Å². The molecule has 0 aliphatic carbocycles. The highest BCUT2D eigenvalue weighted by Gasteiger charge is 2.54. The molecule has 0 spiro atoms. The zero-order chi connectivity index (χ0) is 17.1. The molecule has 0 bridgehead atoms. The minimum absolute atomic E-state index is 0.563. The first-order valence-electron chi connectivity index (χ1n) is 6.57. The zero-order valence-electron chi connectivity index (χ0n) is 12.2. The summed E-state index contributed by atoms with van der Waals surface area (Å²) in [7, 11) is 0.990. The number of amides is 1. The highest BCUT2D eigenvalue weighted by molar-refractivity contribution is 5.78. The van der Waals surface area contributed by atoms with Crippen molar-refractivity contribution in [2.75, 3.05) is 13.7 Å². The van der Waals surface area contributed by atoms with E-state index in [-0.39, 0.29) is 0 Å². The molecule has 0 radical (unpaired) electrons. The van der Waals surface area contributed by atoms with Crippen LogP contribution in [0.25, 0.3) is 0 Å². The second-order valence-corrected chi connectivity index (χ2v) is 5.10. The molecule has 1 aliphatic rings. The van der Waals surface area contributed by atoms with Gasteiger partial charge in [-0.05, 0) is 0 Å². The van der Waals surface area contributed by atoms with E-state index in [2.05, 4.69) is 10.1 Å². The first kappa shape index (κ1) is 18.7. The Morgan fingerprint density at radius 3 is 2.50 bits per heavy atom. The van der Waals surface area contributed by atoms with E-state index < -0.39 is 61.1 Å². The Morgan fingerprint density at radius 2 is 2.05 bits per heavy atom. The van der Waals surface area contributed by atoms with Crippen molar-refractivity contribution in [3.63, 3.8) is 0 Å². The highest BCUT2D eigenvalue weighted by atomic mass is 16.7.